The molecule has 0 bridgehead atoms. The maximum atomic E-state index is 12.0. The van der Waals surface area contributed by atoms with Crippen molar-refractivity contribution in [2.24, 2.45) is 0 Å². The largest absolute Gasteiger partial charge is 0.313 e. The predicted molar refractivity (Wildman–Crippen MR) is 72.4 cm³/mol. The summed E-state index contributed by atoms with van der Waals surface area (Å²) < 4.78 is 26.6. The van der Waals surface area contributed by atoms with Crippen molar-refractivity contribution >= 4 is 21.6 Å². The van der Waals surface area contributed by atoms with E-state index < -0.39 is 10.0 Å². The van der Waals surface area contributed by atoms with Crippen molar-refractivity contribution in [2.75, 3.05) is 13.1 Å². The molecule has 102 valence electrons. The molecule has 1 fully saturated rings. The average Bonchev–Trinajstić information content (AvgIpc) is 3.19. The van der Waals surface area contributed by atoms with E-state index >= 15 is 0 Å². The van der Waals surface area contributed by atoms with Crippen molar-refractivity contribution in [1.29, 1.82) is 5.26 Å². The van der Waals surface area contributed by atoms with E-state index in [0.29, 0.717) is 19.1 Å². The van der Waals surface area contributed by atoms with E-state index in [1.807, 2.05) is 6.07 Å². The van der Waals surface area contributed by atoms with Gasteiger partial charge in [-0.2, -0.15) is 5.26 Å². The normalized spacial score (nSPS) is 15.2. The maximum Gasteiger partial charge on any atom is 0.242 e. The molecular weight excluding hydrogens is 286 g/mol. The number of hydrogen-bond donors (Lipinski definition) is 2. The summed E-state index contributed by atoms with van der Waals surface area (Å²) in [6.45, 7) is 0.880. The Morgan fingerprint density at radius 2 is 2.11 bits per heavy atom. The monoisotopic (exact) mass is 299 g/mol. The van der Waals surface area contributed by atoms with E-state index in [2.05, 4.69) is 10.0 Å². The lowest BCUT2D eigenvalue weighted by Gasteiger charge is -2.09. The van der Waals surface area contributed by atoms with Crippen LogP contribution in [0.2, 0.25) is 5.02 Å². The first kappa shape index (κ1) is 14.3. The molecule has 0 amide bonds. The lowest BCUT2D eigenvalue weighted by molar-refractivity contribution is 0.575. The zero-order valence-corrected chi connectivity index (χ0v) is 11.8. The van der Waals surface area contributed by atoms with Gasteiger partial charge >= 0.3 is 0 Å². The SMILES string of the molecule is N#Cc1ccc(Cl)c(S(=O)(=O)NCCNC2CC2)c1. The lowest BCUT2D eigenvalue weighted by Crippen LogP contribution is -2.32. The minimum atomic E-state index is -3.67. The fourth-order valence-corrected chi connectivity index (χ4v) is 3.16. The van der Waals surface area contributed by atoms with E-state index in [-0.39, 0.29) is 15.5 Å². The molecule has 1 saturated carbocycles. The zero-order valence-electron chi connectivity index (χ0n) is 10.2. The van der Waals surface area contributed by atoms with Crippen LogP contribution >= 0.6 is 11.6 Å². The van der Waals surface area contributed by atoms with E-state index in [4.69, 9.17) is 16.9 Å². The second-order valence-electron chi connectivity index (χ2n) is 4.38. The maximum absolute atomic E-state index is 12.0. The first-order valence-corrected chi connectivity index (χ1v) is 7.82. The molecule has 0 aromatic heterocycles. The summed E-state index contributed by atoms with van der Waals surface area (Å²) in [6, 6.07) is 6.60. The van der Waals surface area contributed by atoms with Crippen LogP contribution in [0.25, 0.3) is 0 Å². The van der Waals surface area contributed by atoms with E-state index in [1.54, 1.807) is 0 Å². The third-order valence-corrected chi connectivity index (χ3v) is 4.72. The first-order chi connectivity index (χ1) is 9.03. The van der Waals surface area contributed by atoms with Gasteiger partial charge in [0.25, 0.3) is 0 Å². The molecule has 0 aliphatic heterocycles. The number of benzene rings is 1. The molecule has 0 atom stereocenters. The van der Waals surface area contributed by atoms with Gasteiger partial charge in [-0.25, -0.2) is 13.1 Å². The van der Waals surface area contributed by atoms with Gasteiger partial charge in [0.1, 0.15) is 4.90 Å². The zero-order chi connectivity index (χ0) is 13.9. The highest BCUT2D eigenvalue weighted by Crippen LogP contribution is 2.22. The molecular formula is C12H14ClN3O2S. The smallest absolute Gasteiger partial charge is 0.242 e. The fraction of sp³-hybridized carbons (Fsp3) is 0.417. The number of hydrogen-bond acceptors (Lipinski definition) is 4. The molecule has 7 heteroatoms. The van der Waals surface area contributed by atoms with Gasteiger partial charge in [0, 0.05) is 19.1 Å². The summed E-state index contributed by atoms with van der Waals surface area (Å²) >= 11 is 5.87. The second kappa shape index (κ2) is 5.88. The highest BCUT2D eigenvalue weighted by atomic mass is 35.5. The van der Waals surface area contributed by atoms with Gasteiger partial charge in [-0.1, -0.05) is 11.6 Å². The van der Waals surface area contributed by atoms with Crippen molar-refractivity contribution in [3.05, 3.63) is 28.8 Å². The van der Waals surface area contributed by atoms with E-state index in [1.165, 1.54) is 18.2 Å². The Morgan fingerprint density at radius 1 is 1.37 bits per heavy atom. The molecule has 1 aliphatic rings. The van der Waals surface area contributed by atoms with Gasteiger partial charge in [-0.3, -0.25) is 0 Å². The molecule has 0 heterocycles. The van der Waals surface area contributed by atoms with Crippen molar-refractivity contribution in [1.82, 2.24) is 10.0 Å². The predicted octanol–water partition coefficient (Wildman–Crippen LogP) is 1.24. The van der Waals surface area contributed by atoms with Gasteiger partial charge in [0.05, 0.1) is 16.7 Å². The molecule has 5 nitrogen and oxygen atoms in total. The Hall–Kier alpha value is -1.13. The Kier molecular flexibility index (Phi) is 4.42. The Balaban J connectivity index is 2.03. The molecule has 1 aromatic carbocycles. The molecule has 1 aliphatic carbocycles. The Bertz CT molecular complexity index is 606. The van der Waals surface area contributed by atoms with Gasteiger partial charge < -0.3 is 5.32 Å². The fourth-order valence-electron chi connectivity index (χ4n) is 1.61. The Labute approximate surface area is 117 Å². The van der Waals surface area contributed by atoms with Crippen molar-refractivity contribution in [3.8, 4) is 6.07 Å². The van der Waals surface area contributed by atoms with Crippen LogP contribution in [0.5, 0.6) is 0 Å². The number of halogens is 1. The highest BCUT2D eigenvalue weighted by molar-refractivity contribution is 7.89. The topological polar surface area (TPSA) is 82.0 Å². The van der Waals surface area contributed by atoms with E-state index in [9.17, 15) is 8.42 Å². The first-order valence-electron chi connectivity index (χ1n) is 5.95. The minimum Gasteiger partial charge on any atom is -0.313 e. The second-order valence-corrected chi connectivity index (χ2v) is 6.53. The summed E-state index contributed by atoms with van der Waals surface area (Å²) in [4.78, 5) is -0.0559. The van der Waals surface area contributed by atoms with Crippen LogP contribution in [0, 0.1) is 11.3 Å². The molecule has 0 spiro atoms. The Morgan fingerprint density at radius 3 is 2.74 bits per heavy atom. The average molecular weight is 300 g/mol. The van der Waals surface area contributed by atoms with E-state index in [0.717, 1.165) is 12.8 Å². The summed E-state index contributed by atoms with van der Waals surface area (Å²) in [5.74, 6) is 0. The molecule has 0 radical (unpaired) electrons. The van der Waals surface area contributed by atoms with Gasteiger partial charge in [-0.05, 0) is 31.0 Å². The number of nitriles is 1. The number of rotatable bonds is 6. The minimum absolute atomic E-state index is 0.0559. The highest BCUT2D eigenvalue weighted by Gasteiger charge is 2.21. The van der Waals surface area contributed by atoms with Gasteiger partial charge in [0.15, 0.2) is 0 Å². The van der Waals surface area contributed by atoms with Gasteiger partial charge in [0.2, 0.25) is 10.0 Å². The van der Waals surface area contributed by atoms with Crippen LogP contribution in [-0.4, -0.2) is 27.5 Å². The van der Waals surface area contributed by atoms with Crippen molar-refractivity contribution in [3.63, 3.8) is 0 Å². The van der Waals surface area contributed by atoms with Crippen LogP contribution in [0.1, 0.15) is 18.4 Å². The molecule has 0 unspecified atom stereocenters. The molecule has 2 N–H and O–H groups in total. The van der Waals surface area contributed by atoms with Crippen molar-refractivity contribution < 1.29 is 8.42 Å². The third kappa shape index (κ3) is 3.91. The standard InChI is InChI=1S/C12H14ClN3O2S/c13-11-4-1-9(8-14)7-12(11)19(17,18)16-6-5-15-10-2-3-10/h1,4,7,10,15-16H,2-3,5-6H2. The molecule has 19 heavy (non-hydrogen) atoms. The number of nitrogens with one attached hydrogen (secondary N) is 2. The summed E-state index contributed by atoms with van der Waals surface area (Å²) in [7, 11) is -3.67. The molecule has 2 rings (SSSR count). The number of nitrogens with zero attached hydrogens (tertiary/aromatic N) is 1. The van der Waals surface area contributed by atoms with Crippen molar-refractivity contribution in [2.45, 2.75) is 23.8 Å². The molecule has 0 saturated heterocycles. The van der Waals surface area contributed by atoms with Crippen LogP contribution < -0.4 is 10.0 Å². The van der Waals surface area contributed by atoms with Gasteiger partial charge in [-0.15, -0.1) is 0 Å². The summed E-state index contributed by atoms with van der Waals surface area (Å²) in [5, 5.41) is 12.1. The van der Waals surface area contributed by atoms with Crippen LogP contribution in [-0.2, 0) is 10.0 Å². The van der Waals surface area contributed by atoms with Crippen LogP contribution in [0.3, 0.4) is 0 Å². The summed E-state index contributed by atoms with van der Waals surface area (Å²) in [6.07, 6.45) is 2.31. The lowest BCUT2D eigenvalue weighted by atomic mass is 10.2. The van der Waals surface area contributed by atoms with Crippen LogP contribution in [0.15, 0.2) is 23.1 Å². The quantitative estimate of drug-likeness (QED) is 0.774. The number of sulfonamides is 1. The summed E-state index contributed by atoms with van der Waals surface area (Å²) in [5.41, 5.74) is 0.265. The molecule has 1 aromatic rings. The third-order valence-electron chi connectivity index (χ3n) is 2.78. The van der Waals surface area contributed by atoms with Crippen LogP contribution in [0.4, 0.5) is 0 Å².